The molecule has 0 amide bonds. The summed E-state index contributed by atoms with van der Waals surface area (Å²) in [5, 5.41) is 9.10. The van der Waals surface area contributed by atoms with Crippen molar-refractivity contribution in [2.24, 2.45) is 5.10 Å². The predicted molar refractivity (Wildman–Crippen MR) is 79.9 cm³/mol. The molecule has 1 saturated heterocycles. The lowest BCUT2D eigenvalue weighted by molar-refractivity contribution is -0.0175. The standard InChI is InChI=1S/C13H16N6OS/c1-9-8-21-13(14-9)11-7-18(4-5-20-11)10-2-3-12-15-16-17-19(12)6-10/h2-3,6,8,11,16-17H,4-5,7H2,1H3. The number of nitrogens with one attached hydrogen (secondary N) is 2. The second kappa shape index (κ2) is 5.14. The van der Waals surface area contributed by atoms with Crippen molar-refractivity contribution >= 4 is 17.2 Å². The molecular formula is C13H16N6OS. The van der Waals surface area contributed by atoms with Gasteiger partial charge >= 0.3 is 0 Å². The number of aryl methyl sites for hydroxylation is 1. The summed E-state index contributed by atoms with van der Waals surface area (Å²) >= 11 is 1.67. The highest BCUT2D eigenvalue weighted by molar-refractivity contribution is 7.09. The first-order chi connectivity index (χ1) is 10.3. The quantitative estimate of drug-likeness (QED) is 0.845. The molecule has 1 fully saturated rings. The van der Waals surface area contributed by atoms with Crippen LogP contribution >= 0.6 is 11.3 Å². The monoisotopic (exact) mass is 304 g/mol. The largest absolute Gasteiger partial charge is 0.367 e. The number of aromatic nitrogens is 1. The zero-order valence-electron chi connectivity index (χ0n) is 11.6. The van der Waals surface area contributed by atoms with Gasteiger partial charge in [-0.05, 0) is 19.1 Å². The van der Waals surface area contributed by atoms with Gasteiger partial charge in [0.1, 0.15) is 11.1 Å². The Labute approximate surface area is 126 Å². The first-order valence-corrected chi connectivity index (χ1v) is 7.73. The maximum atomic E-state index is 5.87. The summed E-state index contributed by atoms with van der Waals surface area (Å²) in [4.78, 5) is 6.86. The minimum absolute atomic E-state index is 0.0477. The van der Waals surface area contributed by atoms with Crippen LogP contribution < -0.4 is 11.1 Å². The molecule has 0 aliphatic carbocycles. The van der Waals surface area contributed by atoms with Crippen LogP contribution in [0.4, 0.5) is 0 Å². The highest BCUT2D eigenvalue weighted by atomic mass is 32.1. The molecule has 0 saturated carbocycles. The van der Waals surface area contributed by atoms with Gasteiger partial charge in [0.25, 0.3) is 0 Å². The molecule has 0 spiro atoms. The molecule has 1 atom stereocenters. The average Bonchev–Trinajstić information content (AvgIpc) is 3.15. The van der Waals surface area contributed by atoms with E-state index >= 15 is 0 Å². The zero-order chi connectivity index (χ0) is 14.2. The van der Waals surface area contributed by atoms with Crippen LogP contribution in [0.25, 0.3) is 0 Å². The SMILES string of the molecule is Cc1csc(C2CN(C3=CN4NNN=C4C=C3)CCO2)n1. The van der Waals surface area contributed by atoms with E-state index < -0.39 is 0 Å². The lowest BCUT2D eigenvalue weighted by Crippen LogP contribution is -2.42. The Kier molecular flexibility index (Phi) is 3.13. The van der Waals surface area contributed by atoms with Crippen molar-refractivity contribution in [1.29, 1.82) is 0 Å². The Bertz CT molecular complexity index is 636. The molecule has 0 radical (unpaired) electrons. The third-order valence-electron chi connectivity index (χ3n) is 3.60. The third kappa shape index (κ3) is 2.41. The highest BCUT2D eigenvalue weighted by Crippen LogP contribution is 2.27. The van der Waals surface area contributed by atoms with Crippen LogP contribution in [0, 0.1) is 6.92 Å². The number of morpholine rings is 1. The van der Waals surface area contributed by atoms with E-state index in [0.717, 1.165) is 35.3 Å². The molecular weight excluding hydrogens is 288 g/mol. The lowest BCUT2D eigenvalue weighted by Gasteiger charge is -2.35. The summed E-state index contributed by atoms with van der Waals surface area (Å²) in [6.07, 6.45) is 6.15. The number of hydrazone groups is 1. The van der Waals surface area contributed by atoms with Crippen LogP contribution in [0.15, 0.2) is 34.5 Å². The topological polar surface area (TPSA) is 65.0 Å². The van der Waals surface area contributed by atoms with Crippen molar-refractivity contribution < 1.29 is 4.74 Å². The number of hydrazine groups is 2. The molecule has 1 unspecified atom stereocenters. The highest BCUT2D eigenvalue weighted by Gasteiger charge is 2.27. The van der Waals surface area contributed by atoms with Crippen LogP contribution in [0.2, 0.25) is 0 Å². The van der Waals surface area contributed by atoms with E-state index in [1.54, 1.807) is 11.3 Å². The van der Waals surface area contributed by atoms with Crippen molar-refractivity contribution in [3.05, 3.63) is 40.1 Å². The van der Waals surface area contributed by atoms with Crippen molar-refractivity contribution in [2.45, 2.75) is 13.0 Å². The molecule has 3 aliphatic rings. The Hall–Kier alpha value is -1.90. The lowest BCUT2D eigenvalue weighted by atomic mass is 10.2. The predicted octanol–water partition coefficient (Wildman–Crippen LogP) is 0.874. The molecule has 8 heteroatoms. The van der Waals surface area contributed by atoms with Crippen molar-refractivity contribution in [3.8, 4) is 0 Å². The van der Waals surface area contributed by atoms with Gasteiger partial charge in [-0.1, -0.05) is 0 Å². The number of allylic oxidation sites excluding steroid dienone is 1. The zero-order valence-corrected chi connectivity index (χ0v) is 12.4. The number of hydrogen-bond acceptors (Lipinski definition) is 8. The second-order valence-corrected chi connectivity index (χ2v) is 5.97. The normalized spacial score (nSPS) is 24.5. The number of fused-ring (bicyclic) bond motifs is 1. The third-order valence-corrected chi connectivity index (χ3v) is 4.65. The van der Waals surface area contributed by atoms with Gasteiger partial charge in [0, 0.05) is 23.8 Å². The molecule has 3 aliphatic heterocycles. The van der Waals surface area contributed by atoms with Gasteiger partial charge in [0.05, 0.1) is 18.8 Å². The first-order valence-electron chi connectivity index (χ1n) is 6.86. The summed E-state index contributed by atoms with van der Waals surface area (Å²) in [5.41, 5.74) is 7.90. The van der Waals surface area contributed by atoms with E-state index in [9.17, 15) is 0 Å². The molecule has 1 aromatic rings. The molecule has 0 aromatic carbocycles. The number of hydrogen-bond donors (Lipinski definition) is 2. The summed E-state index contributed by atoms with van der Waals surface area (Å²) in [6.45, 7) is 4.42. The number of thiazole rings is 1. The number of amidine groups is 1. The minimum Gasteiger partial charge on any atom is -0.367 e. The van der Waals surface area contributed by atoms with E-state index in [1.807, 2.05) is 24.2 Å². The molecule has 21 heavy (non-hydrogen) atoms. The molecule has 0 bridgehead atoms. The molecule has 110 valence electrons. The van der Waals surface area contributed by atoms with Crippen LogP contribution in [-0.4, -0.2) is 40.4 Å². The Morgan fingerprint density at radius 3 is 3.24 bits per heavy atom. The minimum atomic E-state index is 0.0477. The van der Waals surface area contributed by atoms with Gasteiger partial charge in [-0.25, -0.2) is 15.5 Å². The van der Waals surface area contributed by atoms with Crippen LogP contribution in [0.5, 0.6) is 0 Å². The number of rotatable bonds is 2. The summed E-state index contributed by atoms with van der Waals surface area (Å²) in [6, 6.07) is 0. The van der Waals surface area contributed by atoms with Crippen molar-refractivity contribution in [1.82, 2.24) is 26.0 Å². The molecule has 1 aromatic heterocycles. The fourth-order valence-corrected chi connectivity index (χ4v) is 3.37. The average molecular weight is 304 g/mol. The summed E-state index contributed by atoms with van der Waals surface area (Å²) in [5.74, 6) is 0.860. The van der Waals surface area contributed by atoms with E-state index in [4.69, 9.17) is 4.74 Å². The van der Waals surface area contributed by atoms with Crippen LogP contribution in [0.1, 0.15) is 16.8 Å². The van der Waals surface area contributed by atoms with E-state index in [-0.39, 0.29) is 6.10 Å². The van der Waals surface area contributed by atoms with Crippen LogP contribution in [0.3, 0.4) is 0 Å². The molecule has 4 heterocycles. The maximum Gasteiger partial charge on any atom is 0.170 e. The number of ether oxygens (including phenoxy) is 1. The second-order valence-electron chi connectivity index (χ2n) is 5.08. The van der Waals surface area contributed by atoms with Crippen molar-refractivity contribution in [2.75, 3.05) is 19.7 Å². The Balaban J connectivity index is 1.51. The first kappa shape index (κ1) is 12.8. The van der Waals surface area contributed by atoms with Gasteiger partial charge < -0.3 is 9.64 Å². The van der Waals surface area contributed by atoms with E-state index in [0.29, 0.717) is 6.61 Å². The van der Waals surface area contributed by atoms with Crippen molar-refractivity contribution in [3.63, 3.8) is 0 Å². The van der Waals surface area contributed by atoms with E-state index in [1.165, 1.54) is 0 Å². The van der Waals surface area contributed by atoms with Gasteiger partial charge in [0.15, 0.2) is 5.84 Å². The molecule has 2 N–H and O–H groups in total. The summed E-state index contributed by atoms with van der Waals surface area (Å²) < 4.78 is 5.87. The maximum absolute atomic E-state index is 5.87. The van der Waals surface area contributed by atoms with Gasteiger partial charge in [-0.15, -0.1) is 22.0 Å². The summed E-state index contributed by atoms with van der Waals surface area (Å²) in [7, 11) is 0. The van der Waals surface area contributed by atoms with Gasteiger partial charge in [-0.3, -0.25) is 0 Å². The fourth-order valence-electron chi connectivity index (χ4n) is 2.54. The number of nitrogens with zero attached hydrogens (tertiary/aromatic N) is 4. The van der Waals surface area contributed by atoms with Gasteiger partial charge in [-0.2, -0.15) is 0 Å². The molecule has 7 nitrogen and oxygen atoms in total. The van der Waals surface area contributed by atoms with E-state index in [2.05, 4.69) is 37.5 Å². The van der Waals surface area contributed by atoms with Crippen LogP contribution in [-0.2, 0) is 4.74 Å². The Morgan fingerprint density at radius 1 is 1.43 bits per heavy atom. The molecule has 4 rings (SSSR count). The smallest absolute Gasteiger partial charge is 0.170 e. The Morgan fingerprint density at radius 2 is 2.38 bits per heavy atom. The fraction of sp³-hybridized carbons (Fsp3) is 0.385. The van der Waals surface area contributed by atoms with Gasteiger partial charge in [0.2, 0.25) is 0 Å².